The highest BCUT2D eigenvalue weighted by Crippen LogP contribution is 2.44. The van der Waals surface area contributed by atoms with Crippen LogP contribution in [0.25, 0.3) is 11.1 Å². The van der Waals surface area contributed by atoms with E-state index in [1.165, 1.54) is 12.1 Å². The fourth-order valence-corrected chi connectivity index (χ4v) is 3.38. The molecule has 0 saturated carbocycles. The SMILES string of the molecule is Cc1cc2c(cc1-c1ccc(NC(=O)c3c(Cl)ccn3C)cc1)OC(F)(F)O2. The third-order valence-corrected chi connectivity index (χ3v) is 4.75. The molecule has 0 radical (unpaired) electrons. The number of alkyl halides is 2. The maximum Gasteiger partial charge on any atom is 0.586 e. The summed E-state index contributed by atoms with van der Waals surface area (Å²) in [6.07, 6.45) is -1.95. The van der Waals surface area contributed by atoms with Crippen LogP contribution in [0, 0.1) is 6.92 Å². The number of aromatic nitrogens is 1. The number of fused-ring (bicyclic) bond motifs is 1. The molecule has 0 aliphatic carbocycles. The van der Waals surface area contributed by atoms with E-state index in [9.17, 15) is 13.6 Å². The van der Waals surface area contributed by atoms with Crippen LogP contribution in [-0.2, 0) is 7.05 Å². The largest absolute Gasteiger partial charge is 0.586 e. The number of nitrogens with zero attached hydrogens (tertiary/aromatic N) is 1. The second kappa shape index (κ2) is 6.53. The Bertz CT molecular complexity index is 1060. The quantitative estimate of drug-likeness (QED) is 0.650. The molecule has 28 heavy (non-hydrogen) atoms. The zero-order chi connectivity index (χ0) is 20.1. The molecule has 144 valence electrons. The van der Waals surface area contributed by atoms with Crippen LogP contribution < -0.4 is 14.8 Å². The first-order valence-electron chi connectivity index (χ1n) is 8.36. The Labute approximate surface area is 164 Å². The molecule has 0 unspecified atom stereocenters. The lowest BCUT2D eigenvalue weighted by atomic mass is 9.99. The van der Waals surface area contributed by atoms with Crippen LogP contribution in [0.3, 0.4) is 0 Å². The zero-order valence-corrected chi connectivity index (χ0v) is 15.7. The van der Waals surface area contributed by atoms with E-state index in [1.807, 2.05) is 0 Å². The Balaban J connectivity index is 1.57. The molecule has 2 heterocycles. The third-order valence-electron chi connectivity index (χ3n) is 4.44. The van der Waals surface area contributed by atoms with Crippen molar-refractivity contribution in [1.82, 2.24) is 4.57 Å². The van der Waals surface area contributed by atoms with E-state index in [0.717, 1.165) is 16.7 Å². The predicted octanol–water partition coefficient (Wildman–Crippen LogP) is 5.23. The lowest BCUT2D eigenvalue weighted by molar-refractivity contribution is -0.286. The van der Waals surface area contributed by atoms with Gasteiger partial charge in [0.05, 0.1) is 5.02 Å². The summed E-state index contributed by atoms with van der Waals surface area (Å²) in [6.45, 7) is 1.79. The van der Waals surface area contributed by atoms with E-state index in [1.54, 1.807) is 55.1 Å². The van der Waals surface area contributed by atoms with E-state index in [0.29, 0.717) is 16.4 Å². The van der Waals surface area contributed by atoms with Crippen molar-refractivity contribution < 1.29 is 23.0 Å². The maximum atomic E-state index is 13.3. The highest BCUT2D eigenvalue weighted by atomic mass is 35.5. The molecule has 8 heteroatoms. The van der Waals surface area contributed by atoms with Crippen molar-refractivity contribution in [3.05, 3.63) is 64.9 Å². The van der Waals surface area contributed by atoms with Gasteiger partial charge in [0.1, 0.15) is 5.69 Å². The number of carbonyl (C=O) groups excluding carboxylic acids is 1. The van der Waals surface area contributed by atoms with Crippen LogP contribution in [0.5, 0.6) is 11.5 Å². The standard InChI is InChI=1S/C20H15ClF2N2O3/c1-11-9-16-17(28-20(22,23)27-16)10-14(11)12-3-5-13(6-4-12)24-19(26)18-15(21)7-8-25(18)2/h3-10H,1-2H3,(H,24,26). The van der Waals surface area contributed by atoms with Gasteiger partial charge in [0, 0.05) is 18.9 Å². The number of hydrogen-bond donors (Lipinski definition) is 1. The van der Waals surface area contributed by atoms with Gasteiger partial charge in [-0.05, 0) is 53.9 Å². The second-order valence-corrected chi connectivity index (χ2v) is 6.84. The summed E-state index contributed by atoms with van der Waals surface area (Å²) in [7, 11) is 1.73. The molecule has 4 rings (SSSR count). The number of aryl methyl sites for hydroxylation is 2. The summed E-state index contributed by atoms with van der Waals surface area (Å²) >= 11 is 6.04. The highest BCUT2D eigenvalue weighted by Gasteiger charge is 2.43. The van der Waals surface area contributed by atoms with Gasteiger partial charge in [-0.15, -0.1) is 8.78 Å². The van der Waals surface area contributed by atoms with Crippen LogP contribution in [0.15, 0.2) is 48.7 Å². The first-order chi connectivity index (χ1) is 13.2. The molecule has 0 bridgehead atoms. The fraction of sp³-hybridized carbons (Fsp3) is 0.150. The molecule has 0 saturated heterocycles. The van der Waals surface area contributed by atoms with Crippen LogP contribution >= 0.6 is 11.6 Å². The van der Waals surface area contributed by atoms with E-state index in [4.69, 9.17) is 11.6 Å². The first kappa shape index (κ1) is 18.3. The van der Waals surface area contributed by atoms with E-state index >= 15 is 0 Å². The summed E-state index contributed by atoms with van der Waals surface area (Å²) in [5.74, 6) is -0.331. The number of nitrogens with one attached hydrogen (secondary N) is 1. The molecule has 1 aliphatic rings. The molecule has 5 nitrogen and oxygen atoms in total. The minimum Gasteiger partial charge on any atom is -0.395 e. The molecule has 1 amide bonds. The Morgan fingerprint density at radius 1 is 1.11 bits per heavy atom. The van der Waals surface area contributed by atoms with Gasteiger partial charge in [0.15, 0.2) is 11.5 Å². The summed E-state index contributed by atoms with van der Waals surface area (Å²) in [5.41, 5.74) is 3.21. The minimum absolute atomic E-state index is 0.00887. The van der Waals surface area contributed by atoms with Gasteiger partial charge in [-0.25, -0.2) is 0 Å². The van der Waals surface area contributed by atoms with Gasteiger partial charge in [-0.1, -0.05) is 23.7 Å². The maximum absolute atomic E-state index is 13.3. The molecule has 0 atom stereocenters. The van der Waals surface area contributed by atoms with Gasteiger partial charge in [-0.3, -0.25) is 4.79 Å². The van der Waals surface area contributed by atoms with Crippen molar-refractivity contribution in [2.45, 2.75) is 13.2 Å². The van der Waals surface area contributed by atoms with Gasteiger partial charge in [0.25, 0.3) is 5.91 Å². The van der Waals surface area contributed by atoms with Gasteiger partial charge in [-0.2, -0.15) is 0 Å². The average molecular weight is 405 g/mol. The first-order valence-corrected chi connectivity index (χ1v) is 8.74. The minimum atomic E-state index is -3.65. The second-order valence-electron chi connectivity index (χ2n) is 6.44. The van der Waals surface area contributed by atoms with Crippen LogP contribution in [0.2, 0.25) is 5.02 Å². The predicted molar refractivity (Wildman–Crippen MR) is 101 cm³/mol. The molecule has 1 N–H and O–H groups in total. The van der Waals surface area contributed by atoms with E-state index in [-0.39, 0.29) is 17.4 Å². The number of benzene rings is 2. The van der Waals surface area contributed by atoms with Crippen molar-refractivity contribution in [3.8, 4) is 22.6 Å². The van der Waals surface area contributed by atoms with Crippen molar-refractivity contribution in [2.24, 2.45) is 7.05 Å². The average Bonchev–Trinajstić information content (AvgIpc) is 3.11. The summed E-state index contributed by atoms with van der Waals surface area (Å²) in [6, 6.07) is 11.7. The summed E-state index contributed by atoms with van der Waals surface area (Å²) < 4.78 is 37.1. The van der Waals surface area contributed by atoms with Gasteiger partial charge in [0.2, 0.25) is 0 Å². The Morgan fingerprint density at radius 3 is 2.36 bits per heavy atom. The fourth-order valence-electron chi connectivity index (χ4n) is 3.10. The summed E-state index contributed by atoms with van der Waals surface area (Å²) in [4.78, 5) is 12.4. The van der Waals surface area contributed by atoms with Crippen molar-refractivity contribution in [2.75, 3.05) is 5.32 Å². The Kier molecular flexibility index (Phi) is 4.27. The van der Waals surface area contributed by atoms with Crippen molar-refractivity contribution >= 4 is 23.2 Å². The van der Waals surface area contributed by atoms with E-state index in [2.05, 4.69) is 14.8 Å². The van der Waals surface area contributed by atoms with Crippen LogP contribution in [-0.4, -0.2) is 16.8 Å². The lowest BCUT2D eigenvalue weighted by Crippen LogP contribution is -2.25. The Hall–Kier alpha value is -3.06. The molecular formula is C20H15ClF2N2O3. The molecule has 2 aromatic carbocycles. The summed E-state index contributed by atoms with van der Waals surface area (Å²) in [5, 5.41) is 3.15. The molecular weight excluding hydrogens is 390 g/mol. The third kappa shape index (κ3) is 3.29. The highest BCUT2D eigenvalue weighted by molar-refractivity contribution is 6.34. The van der Waals surface area contributed by atoms with Crippen molar-refractivity contribution in [3.63, 3.8) is 0 Å². The molecule has 1 aromatic heterocycles. The van der Waals surface area contributed by atoms with Gasteiger partial charge < -0.3 is 19.4 Å². The van der Waals surface area contributed by atoms with E-state index < -0.39 is 6.29 Å². The van der Waals surface area contributed by atoms with Gasteiger partial charge >= 0.3 is 6.29 Å². The monoisotopic (exact) mass is 404 g/mol. The number of amides is 1. The molecule has 1 aliphatic heterocycles. The number of anilines is 1. The number of rotatable bonds is 3. The normalized spacial score (nSPS) is 14.2. The molecule has 0 fully saturated rings. The molecule has 0 spiro atoms. The number of halogens is 3. The molecule has 3 aromatic rings. The van der Waals surface area contributed by atoms with Crippen molar-refractivity contribution in [1.29, 1.82) is 0 Å². The lowest BCUT2D eigenvalue weighted by Gasteiger charge is -2.10. The number of carbonyl (C=O) groups is 1. The Morgan fingerprint density at radius 2 is 1.75 bits per heavy atom. The smallest absolute Gasteiger partial charge is 0.395 e. The van der Waals surface area contributed by atoms with Crippen LogP contribution in [0.1, 0.15) is 16.1 Å². The number of ether oxygens (including phenoxy) is 2. The number of hydrogen-bond acceptors (Lipinski definition) is 3. The zero-order valence-electron chi connectivity index (χ0n) is 14.9. The van der Waals surface area contributed by atoms with Crippen LogP contribution in [0.4, 0.5) is 14.5 Å². The topological polar surface area (TPSA) is 52.5 Å².